The van der Waals surface area contributed by atoms with Crippen molar-refractivity contribution in [3.05, 3.63) is 0 Å². The highest BCUT2D eigenvalue weighted by molar-refractivity contribution is 5.75. The second-order valence-corrected chi connectivity index (χ2v) is 5.99. The summed E-state index contributed by atoms with van der Waals surface area (Å²) in [6.45, 7) is 11.5. The SMILES string of the molecule is CCCCN1CC[C@@H](NC(=O)NC(C)(C)C)C1. The van der Waals surface area contributed by atoms with Crippen molar-refractivity contribution in [2.45, 2.75) is 58.5 Å². The highest BCUT2D eigenvalue weighted by Crippen LogP contribution is 2.10. The molecule has 2 N–H and O–H groups in total. The minimum atomic E-state index is -0.162. The van der Waals surface area contributed by atoms with E-state index in [1.807, 2.05) is 20.8 Å². The van der Waals surface area contributed by atoms with Gasteiger partial charge in [-0.05, 0) is 40.2 Å². The first-order valence-electron chi connectivity index (χ1n) is 6.72. The van der Waals surface area contributed by atoms with Gasteiger partial charge in [0.25, 0.3) is 0 Å². The third kappa shape index (κ3) is 5.91. The Morgan fingerprint density at radius 2 is 2.12 bits per heavy atom. The first kappa shape index (κ1) is 14.3. The number of unbranched alkanes of at least 4 members (excludes halogenated alkanes) is 1. The molecule has 0 spiro atoms. The second kappa shape index (κ2) is 6.24. The van der Waals surface area contributed by atoms with Crippen molar-refractivity contribution in [1.82, 2.24) is 15.5 Å². The predicted octanol–water partition coefficient (Wildman–Crippen LogP) is 1.96. The van der Waals surface area contributed by atoms with Gasteiger partial charge in [-0.25, -0.2) is 4.79 Å². The topological polar surface area (TPSA) is 44.4 Å². The molecule has 100 valence electrons. The third-order valence-corrected chi connectivity index (χ3v) is 2.92. The standard InChI is InChI=1S/C13H27N3O/c1-5-6-8-16-9-7-11(10-16)14-12(17)15-13(2,3)4/h11H,5-10H2,1-4H3,(H2,14,15,17)/t11-/m1/s1. The van der Waals surface area contributed by atoms with Gasteiger partial charge in [0.2, 0.25) is 0 Å². The molecule has 1 aliphatic rings. The van der Waals surface area contributed by atoms with Crippen LogP contribution in [0.3, 0.4) is 0 Å². The smallest absolute Gasteiger partial charge is 0.315 e. The van der Waals surface area contributed by atoms with E-state index in [2.05, 4.69) is 22.5 Å². The first-order chi connectivity index (χ1) is 7.90. The summed E-state index contributed by atoms with van der Waals surface area (Å²) in [5.41, 5.74) is -0.162. The van der Waals surface area contributed by atoms with E-state index in [4.69, 9.17) is 0 Å². The lowest BCUT2D eigenvalue weighted by Gasteiger charge is -2.23. The molecule has 2 amide bonds. The van der Waals surface area contributed by atoms with Crippen molar-refractivity contribution in [2.75, 3.05) is 19.6 Å². The molecular formula is C13H27N3O. The Morgan fingerprint density at radius 1 is 1.41 bits per heavy atom. The van der Waals surface area contributed by atoms with E-state index in [9.17, 15) is 4.79 Å². The number of hydrogen-bond donors (Lipinski definition) is 2. The average molecular weight is 241 g/mol. The Balaban J connectivity index is 2.23. The molecule has 0 radical (unpaired) electrons. The number of nitrogens with one attached hydrogen (secondary N) is 2. The molecule has 0 aliphatic carbocycles. The van der Waals surface area contributed by atoms with Gasteiger partial charge in [-0.3, -0.25) is 0 Å². The van der Waals surface area contributed by atoms with E-state index in [0.29, 0.717) is 6.04 Å². The molecule has 1 atom stereocenters. The minimum absolute atomic E-state index is 0.0418. The normalized spacial score (nSPS) is 21.5. The molecule has 0 aromatic rings. The molecule has 0 aromatic carbocycles. The van der Waals surface area contributed by atoms with Gasteiger partial charge >= 0.3 is 6.03 Å². The van der Waals surface area contributed by atoms with Crippen LogP contribution in [-0.2, 0) is 0 Å². The zero-order valence-corrected chi connectivity index (χ0v) is 11.7. The summed E-state index contributed by atoms with van der Waals surface area (Å²) in [5, 5.41) is 5.99. The van der Waals surface area contributed by atoms with Crippen LogP contribution >= 0.6 is 0 Å². The van der Waals surface area contributed by atoms with Crippen LogP contribution in [0.15, 0.2) is 0 Å². The van der Waals surface area contributed by atoms with Crippen molar-refractivity contribution in [2.24, 2.45) is 0 Å². The van der Waals surface area contributed by atoms with Crippen molar-refractivity contribution < 1.29 is 4.79 Å². The van der Waals surface area contributed by atoms with E-state index >= 15 is 0 Å². The molecule has 1 heterocycles. The number of rotatable bonds is 4. The molecule has 1 fully saturated rings. The molecule has 0 bridgehead atoms. The number of hydrogen-bond acceptors (Lipinski definition) is 2. The summed E-state index contributed by atoms with van der Waals surface area (Å²) >= 11 is 0. The largest absolute Gasteiger partial charge is 0.334 e. The van der Waals surface area contributed by atoms with Crippen molar-refractivity contribution >= 4 is 6.03 Å². The zero-order valence-electron chi connectivity index (χ0n) is 11.7. The second-order valence-electron chi connectivity index (χ2n) is 5.99. The van der Waals surface area contributed by atoms with Crippen LogP contribution in [0.4, 0.5) is 4.79 Å². The van der Waals surface area contributed by atoms with Gasteiger partial charge < -0.3 is 15.5 Å². The van der Waals surface area contributed by atoms with Crippen LogP contribution in [0, 0.1) is 0 Å². The zero-order chi connectivity index (χ0) is 12.9. The van der Waals surface area contributed by atoms with Gasteiger partial charge in [0.1, 0.15) is 0 Å². The average Bonchev–Trinajstić information content (AvgIpc) is 2.59. The molecule has 1 aliphatic heterocycles. The van der Waals surface area contributed by atoms with Gasteiger partial charge in [-0.2, -0.15) is 0 Å². The maximum absolute atomic E-state index is 11.7. The van der Waals surface area contributed by atoms with Crippen molar-refractivity contribution in [3.8, 4) is 0 Å². The maximum atomic E-state index is 11.7. The third-order valence-electron chi connectivity index (χ3n) is 2.92. The Labute approximate surface area is 105 Å². The summed E-state index contributed by atoms with van der Waals surface area (Å²) in [5.74, 6) is 0. The van der Waals surface area contributed by atoms with Gasteiger partial charge in [0, 0.05) is 24.7 Å². The predicted molar refractivity (Wildman–Crippen MR) is 71.2 cm³/mol. The van der Waals surface area contributed by atoms with E-state index in [1.165, 1.54) is 12.8 Å². The van der Waals surface area contributed by atoms with E-state index in [1.54, 1.807) is 0 Å². The number of urea groups is 1. The molecule has 1 rings (SSSR count). The quantitative estimate of drug-likeness (QED) is 0.790. The van der Waals surface area contributed by atoms with Gasteiger partial charge in [-0.15, -0.1) is 0 Å². The monoisotopic (exact) mass is 241 g/mol. The van der Waals surface area contributed by atoms with Crippen LogP contribution < -0.4 is 10.6 Å². The number of likely N-dealkylation sites (tertiary alicyclic amines) is 1. The van der Waals surface area contributed by atoms with Crippen LogP contribution in [0.2, 0.25) is 0 Å². The lowest BCUT2D eigenvalue weighted by Crippen LogP contribution is -2.50. The molecule has 0 aromatic heterocycles. The van der Waals surface area contributed by atoms with Crippen LogP contribution in [0.1, 0.15) is 47.0 Å². The van der Waals surface area contributed by atoms with Crippen LogP contribution in [0.25, 0.3) is 0 Å². The highest BCUT2D eigenvalue weighted by atomic mass is 16.2. The summed E-state index contributed by atoms with van der Waals surface area (Å²) < 4.78 is 0. The molecule has 0 saturated carbocycles. The number of amides is 2. The molecule has 4 nitrogen and oxygen atoms in total. The summed E-state index contributed by atoms with van der Waals surface area (Å²) in [4.78, 5) is 14.1. The molecule has 1 saturated heterocycles. The van der Waals surface area contributed by atoms with Crippen LogP contribution in [-0.4, -0.2) is 42.1 Å². The van der Waals surface area contributed by atoms with E-state index in [0.717, 1.165) is 26.1 Å². The maximum Gasteiger partial charge on any atom is 0.315 e. The molecular weight excluding hydrogens is 214 g/mol. The fourth-order valence-electron chi connectivity index (χ4n) is 2.10. The summed E-state index contributed by atoms with van der Waals surface area (Å²) in [7, 11) is 0. The van der Waals surface area contributed by atoms with Crippen molar-refractivity contribution in [3.63, 3.8) is 0 Å². The number of carbonyl (C=O) groups is 1. The summed E-state index contributed by atoms with van der Waals surface area (Å²) in [6.07, 6.45) is 3.56. The van der Waals surface area contributed by atoms with E-state index in [-0.39, 0.29) is 11.6 Å². The Morgan fingerprint density at radius 3 is 2.71 bits per heavy atom. The minimum Gasteiger partial charge on any atom is -0.334 e. The van der Waals surface area contributed by atoms with Gasteiger partial charge in [-0.1, -0.05) is 13.3 Å². The first-order valence-corrected chi connectivity index (χ1v) is 6.72. The van der Waals surface area contributed by atoms with Crippen LogP contribution in [0.5, 0.6) is 0 Å². The summed E-state index contributed by atoms with van der Waals surface area (Å²) in [6, 6.07) is 0.272. The molecule has 0 unspecified atom stereocenters. The fourth-order valence-corrected chi connectivity index (χ4v) is 2.10. The van der Waals surface area contributed by atoms with E-state index < -0.39 is 0 Å². The Bertz CT molecular complexity index is 248. The van der Waals surface area contributed by atoms with Gasteiger partial charge in [0.05, 0.1) is 0 Å². The van der Waals surface area contributed by atoms with Gasteiger partial charge in [0.15, 0.2) is 0 Å². The lowest BCUT2D eigenvalue weighted by atomic mass is 10.1. The Hall–Kier alpha value is -0.770. The highest BCUT2D eigenvalue weighted by Gasteiger charge is 2.24. The molecule has 17 heavy (non-hydrogen) atoms. The lowest BCUT2D eigenvalue weighted by molar-refractivity contribution is 0.227. The van der Waals surface area contributed by atoms with Crippen molar-refractivity contribution in [1.29, 1.82) is 0 Å². The number of carbonyl (C=O) groups excluding carboxylic acids is 1. The number of nitrogens with zero attached hydrogens (tertiary/aromatic N) is 1. The molecule has 4 heteroatoms. The fraction of sp³-hybridized carbons (Fsp3) is 0.923. The Kier molecular flexibility index (Phi) is 5.25.